The second-order valence-corrected chi connectivity index (χ2v) is 5.98. The molecule has 1 aliphatic rings. The molecule has 1 aliphatic carbocycles. The second kappa shape index (κ2) is 5.14. The number of carbonyl (C=O) groups is 1. The summed E-state index contributed by atoms with van der Waals surface area (Å²) >= 11 is 0. The van der Waals surface area contributed by atoms with Crippen molar-refractivity contribution < 1.29 is 9.18 Å². The van der Waals surface area contributed by atoms with Gasteiger partial charge in [0.05, 0.1) is 6.04 Å². The summed E-state index contributed by atoms with van der Waals surface area (Å²) in [5.41, 5.74) is 4.64. The Bertz CT molecular complexity index is 714. The van der Waals surface area contributed by atoms with Gasteiger partial charge in [-0.1, -0.05) is 12.1 Å². The first-order valence-electron chi connectivity index (χ1n) is 7.49. The number of fused-ring (bicyclic) bond motifs is 1. The molecule has 110 valence electrons. The molecule has 1 heterocycles. The summed E-state index contributed by atoms with van der Waals surface area (Å²) < 4.78 is 16.0. The van der Waals surface area contributed by atoms with Gasteiger partial charge in [-0.15, -0.1) is 0 Å². The fourth-order valence-corrected chi connectivity index (χ4v) is 3.31. The van der Waals surface area contributed by atoms with Crippen LogP contribution in [0, 0.1) is 19.7 Å². The quantitative estimate of drug-likeness (QED) is 0.803. The molecule has 0 radical (unpaired) electrons. The summed E-state index contributed by atoms with van der Waals surface area (Å²) in [5, 5.41) is 0. The average molecular weight is 285 g/mol. The molecule has 3 rings (SSSR count). The molecule has 2 aromatic rings. The summed E-state index contributed by atoms with van der Waals surface area (Å²) in [4.78, 5) is 12.0. The summed E-state index contributed by atoms with van der Waals surface area (Å²) in [6, 6.07) is 7.42. The van der Waals surface area contributed by atoms with Crippen molar-refractivity contribution in [1.82, 2.24) is 4.57 Å². The van der Waals surface area contributed by atoms with Crippen LogP contribution in [0.15, 0.2) is 24.3 Å². The molecule has 1 atom stereocenters. The van der Waals surface area contributed by atoms with Crippen molar-refractivity contribution in [3.63, 3.8) is 0 Å². The van der Waals surface area contributed by atoms with E-state index in [4.69, 9.17) is 0 Å². The molecular formula is C18H20FNO. The van der Waals surface area contributed by atoms with Crippen molar-refractivity contribution in [2.75, 3.05) is 0 Å². The lowest BCUT2D eigenvalue weighted by atomic mass is 9.96. The number of halogens is 1. The molecule has 1 aromatic carbocycles. The van der Waals surface area contributed by atoms with E-state index in [1.54, 1.807) is 13.0 Å². The predicted octanol–water partition coefficient (Wildman–Crippen LogP) is 4.37. The van der Waals surface area contributed by atoms with Crippen molar-refractivity contribution in [2.45, 2.75) is 46.1 Å². The number of rotatable bonds is 2. The number of ketones is 1. The number of aromatic nitrogens is 1. The van der Waals surface area contributed by atoms with Gasteiger partial charge in [0.15, 0.2) is 5.78 Å². The third kappa shape index (κ3) is 2.31. The molecule has 0 fully saturated rings. The number of aryl methyl sites for hydroxylation is 2. The lowest BCUT2D eigenvalue weighted by Gasteiger charge is -2.22. The second-order valence-electron chi connectivity index (χ2n) is 5.98. The largest absolute Gasteiger partial charge is 0.341 e. The zero-order chi connectivity index (χ0) is 15.1. The minimum Gasteiger partial charge on any atom is -0.341 e. The van der Waals surface area contributed by atoms with Crippen molar-refractivity contribution in [2.24, 2.45) is 0 Å². The molecule has 21 heavy (non-hydrogen) atoms. The van der Waals surface area contributed by atoms with Gasteiger partial charge in [-0.2, -0.15) is 0 Å². The van der Waals surface area contributed by atoms with E-state index >= 15 is 0 Å². The van der Waals surface area contributed by atoms with E-state index in [-0.39, 0.29) is 17.6 Å². The van der Waals surface area contributed by atoms with Gasteiger partial charge >= 0.3 is 0 Å². The number of carbonyl (C=O) groups excluding carboxylic acids is 1. The third-order valence-electron chi connectivity index (χ3n) is 4.52. The molecule has 0 saturated carbocycles. The standard InChI is InChI=1S/C18H20FNO/c1-11-7-8-14(10-16(11)19)13(3)20-12(2)9-15-17(20)5-4-6-18(15)21/h7-10,13H,4-6H2,1-3H3. The number of nitrogens with zero attached hydrogens (tertiary/aromatic N) is 1. The summed E-state index contributed by atoms with van der Waals surface area (Å²) in [6.07, 6.45) is 2.47. The zero-order valence-electron chi connectivity index (χ0n) is 12.7. The highest BCUT2D eigenvalue weighted by molar-refractivity contribution is 5.98. The molecule has 1 unspecified atom stereocenters. The van der Waals surface area contributed by atoms with Crippen molar-refractivity contribution in [1.29, 1.82) is 0 Å². The molecule has 1 aromatic heterocycles. The van der Waals surface area contributed by atoms with Gasteiger partial charge in [-0.3, -0.25) is 4.79 Å². The molecule has 0 aliphatic heterocycles. The molecule has 0 bridgehead atoms. The average Bonchev–Trinajstić information content (AvgIpc) is 2.79. The monoisotopic (exact) mass is 285 g/mol. The maximum Gasteiger partial charge on any atom is 0.164 e. The van der Waals surface area contributed by atoms with Gasteiger partial charge in [0.25, 0.3) is 0 Å². The van der Waals surface area contributed by atoms with Crippen LogP contribution in [0.3, 0.4) is 0 Å². The third-order valence-corrected chi connectivity index (χ3v) is 4.52. The first kappa shape index (κ1) is 14.1. The van der Waals surface area contributed by atoms with Crippen molar-refractivity contribution in [3.05, 3.63) is 58.2 Å². The van der Waals surface area contributed by atoms with Gasteiger partial charge in [0.2, 0.25) is 0 Å². The zero-order valence-corrected chi connectivity index (χ0v) is 12.7. The van der Waals surface area contributed by atoms with Gasteiger partial charge < -0.3 is 4.57 Å². The maximum atomic E-state index is 13.8. The molecule has 0 saturated heterocycles. The lowest BCUT2D eigenvalue weighted by Crippen LogP contribution is -2.17. The van der Waals surface area contributed by atoms with E-state index in [9.17, 15) is 9.18 Å². The Kier molecular flexibility index (Phi) is 3.44. The minimum atomic E-state index is -0.172. The minimum absolute atomic E-state index is 0.0368. The first-order valence-corrected chi connectivity index (χ1v) is 7.49. The predicted molar refractivity (Wildman–Crippen MR) is 81.4 cm³/mol. The Morgan fingerprint density at radius 3 is 2.67 bits per heavy atom. The van der Waals surface area contributed by atoms with Crippen LogP contribution in [0.1, 0.15) is 58.7 Å². The first-order chi connectivity index (χ1) is 9.99. The highest BCUT2D eigenvalue weighted by Crippen LogP contribution is 2.31. The maximum absolute atomic E-state index is 13.8. The van der Waals surface area contributed by atoms with Gasteiger partial charge in [-0.05, 0) is 56.9 Å². The van der Waals surface area contributed by atoms with Gasteiger partial charge in [0, 0.05) is 23.4 Å². The van der Waals surface area contributed by atoms with E-state index < -0.39 is 0 Å². The molecule has 0 N–H and O–H groups in total. The molecule has 0 amide bonds. The van der Waals surface area contributed by atoms with E-state index in [0.29, 0.717) is 12.0 Å². The van der Waals surface area contributed by atoms with E-state index in [1.807, 2.05) is 25.1 Å². The normalized spacial score (nSPS) is 15.9. The topological polar surface area (TPSA) is 22.0 Å². The van der Waals surface area contributed by atoms with Crippen LogP contribution in [0.2, 0.25) is 0 Å². The van der Waals surface area contributed by atoms with Crippen LogP contribution >= 0.6 is 0 Å². The van der Waals surface area contributed by atoms with Gasteiger partial charge in [0.1, 0.15) is 5.82 Å². The van der Waals surface area contributed by atoms with E-state index in [1.165, 1.54) is 0 Å². The Labute approximate surface area is 124 Å². The molecular weight excluding hydrogens is 265 g/mol. The number of hydrogen-bond acceptors (Lipinski definition) is 1. The smallest absolute Gasteiger partial charge is 0.164 e. The van der Waals surface area contributed by atoms with Crippen LogP contribution in [0.4, 0.5) is 4.39 Å². The van der Waals surface area contributed by atoms with Crippen LogP contribution < -0.4 is 0 Å². The summed E-state index contributed by atoms with van der Waals surface area (Å²) in [7, 11) is 0. The molecule has 3 heteroatoms. The van der Waals surface area contributed by atoms with Crippen LogP contribution in [0.5, 0.6) is 0 Å². The number of hydrogen-bond donors (Lipinski definition) is 0. The van der Waals surface area contributed by atoms with Gasteiger partial charge in [-0.25, -0.2) is 4.39 Å². The van der Waals surface area contributed by atoms with E-state index in [0.717, 1.165) is 35.4 Å². The Morgan fingerprint density at radius 1 is 1.19 bits per heavy atom. The fourth-order valence-electron chi connectivity index (χ4n) is 3.31. The highest BCUT2D eigenvalue weighted by Gasteiger charge is 2.25. The van der Waals surface area contributed by atoms with Crippen LogP contribution in [0.25, 0.3) is 0 Å². The van der Waals surface area contributed by atoms with E-state index in [2.05, 4.69) is 11.5 Å². The Balaban J connectivity index is 2.07. The summed E-state index contributed by atoms with van der Waals surface area (Å²) in [6.45, 7) is 5.86. The van der Waals surface area contributed by atoms with Crippen LogP contribution in [-0.4, -0.2) is 10.4 Å². The lowest BCUT2D eigenvalue weighted by molar-refractivity contribution is 0.0971. The summed E-state index contributed by atoms with van der Waals surface area (Å²) in [5.74, 6) is 0.0643. The molecule has 2 nitrogen and oxygen atoms in total. The molecule has 0 spiro atoms. The Morgan fingerprint density at radius 2 is 1.95 bits per heavy atom. The van der Waals surface area contributed by atoms with Crippen LogP contribution in [-0.2, 0) is 6.42 Å². The highest BCUT2D eigenvalue weighted by atomic mass is 19.1. The SMILES string of the molecule is Cc1ccc(C(C)n2c(C)cc3c2CCCC3=O)cc1F. The van der Waals surface area contributed by atoms with Crippen molar-refractivity contribution in [3.8, 4) is 0 Å². The number of Topliss-reactive ketones (excluding diaryl/α,β-unsaturated/α-hetero) is 1. The number of benzene rings is 1. The Hall–Kier alpha value is -1.90. The fraction of sp³-hybridized carbons (Fsp3) is 0.389. The van der Waals surface area contributed by atoms with Crippen molar-refractivity contribution >= 4 is 5.78 Å².